The van der Waals surface area contributed by atoms with Crippen molar-refractivity contribution in [3.05, 3.63) is 0 Å². The maximum absolute atomic E-state index is 12.3. The number of unbranched alkanes of at least 4 members (excludes halogenated alkanes) is 1. The predicted octanol–water partition coefficient (Wildman–Crippen LogP) is 3.74. The van der Waals surface area contributed by atoms with E-state index >= 15 is 0 Å². The van der Waals surface area contributed by atoms with Gasteiger partial charge in [0.1, 0.15) is 0 Å². The van der Waals surface area contributed by atoms with E-state index in [0.29, 0.717) is 0 Å². The van der Waals surface area contributed by atoms with Crippen LogP contribution in [0.15, 0.2) is 0 Å². The molecule has 0 aromatic carbocycles. The van der Waals surface area contributed by atoms with Crippen LogP contribution in [0.25, 0.3) is 0 Å². The van der Waals surface area contributed by atoms with Crippen molar-refractivity contribution in [1.29, 1.82) is 0 Å². The molecule has 1 unspecified atom stereocenters. The molecule has 1 saturated carbocycles. The second-order valence-corrected chi connectivity index (χ2v) is 6.45. The van der Waals surface area contributed by atoms with Gasteiger partial charge in [-0.15, -0.1) is 0 Å². The van der Waals surface area contributed by atoms with Crippen LogP contribution in [-0.4, -0.2) is 23.0 Å². The van der Waals surface area contributed by atoms with Crippen molar-refractivity contribution in [2.24, 2.45) is 11.8 Å². The number of hydrogen-bond acceptors (Lipinski definition) is 2. The first-order valence-corrected chi connectivity index (χ1v) is 8.58. The van der Waals surface area contributed by atoms with Gasteiger partial charge in [-0.1, -0.05) is 39.5 Å². The van der Waals surface area contributed by atoms with E-state index in [9.17, 15) is 9.59 Å². The quantitative estimate of drug-likeness (QED) is 0.681. The Balaban J connectivity index is 2.36. The summed E-state index contributed by atoms with van der Waals surface area (Å²) in [6, 6.07) is -0.210. The van der Waals surface area contributed by atoms with Crippen LogP contribution in [0.1, 0.15) is 78.1 Å². The van der Waals surface area contributed by atoms with Crippen molar-refractivity contribution in [1.82, 2.24) is 5.32 Å². The Kier molecular flexibility index (Phi) is 8.40. The lowest BCUT2D eigenvalue weighted by Gasteiger charge is -2.29. The van der Waals surface area contributed by atoms with Crippen molar-refractivity contribution in [2.45, 2.75) is 84.1 Å². The van der Waals surface area contributed by atoms with Crippen molar-refractivity contribution in [2.75, 3.05) is 0 Å². The number of rotatable bonds is 9. The summed E-state index contributed by atoms with van der Waals surface area (Å²) in [7, 11) is 0. The number of nitrogens with one attached hydrogen (secondary N) is 1. The summed E-state index contributed by atoms with van der Waals surface area (Å²) in [5.41, 5.74) is 0. The Morgan fingerprint density at radius 3 is 2.33 bits per heavy atom. The Labute approximate surface area is 128 Å². The predicted molar refractivity (Wildman–Crippen MR) is 84.1 cm³/mol. The van der Waals surface area contributed by atoms with E-state index in [1.54, 1.807) is 0 Å². The molecule has 2 N–H and O–H groups in total. The fourth-order valence-electron chi connectivity index (χ4n) is 3.31. The maximum Gasteiger partial charge on any atom is 0.305 e. The van der Waals surface area contributed by atoms with E-state index in [4.69, 9.17) is 5.11 Å². The lowest BCUT2D eigenvalue weighted by Crippen LogP contribution is -2.41. The smallest absolute Gasteiger partial charge is 0.305 e. The van der Waals surface area contributed by atoms with Crippen molar-refractivity contribution in [3.63, 3.8) is 0 Å². The van der Waals surface area contributed by atoms with Crippen LogP contribution in [0.5, 0.6) is 0 Å². The number of aliphatic carboxylic acids is 1. The molecule has 1 amide bonds. The number of amides is 1. The zero-order valence-electron chi connectivity index (χ0n) is 13.6. The van der Waals surface area contributed by atoms with Gasteiger partial charge in [-0.3, -0.25) is 9.59 Å². The molecule has 4 heteroatoms. The van der Waals surface area contributed by atoms with E-state index in [0.717, 1.165) is 44.4 Å². The normalized spacial score (nSPS) is 23.5. The number of carbonyl (C=O) groups is 2. The van der Waals surface area contributed by atoms with Gasteiger partial charge < -0.3 is 10.4 Å². The average Bonchev–Trinajstić information content (AvgIpc) is 2.45. The minimum absolute atomic E-state index is 0.0332. The lowest BCUT2D eigenvalue weighted by atomic mass is 9.79. The topological polar surface area (TPSA) is 66.4 Å². The number of carboxylic acids is 1. The molecule has 0 aliphatic heterocycles. The van der Waals surface area contributed by atoms with Crippen molar-refractivity contribution < 1.29 is 14.7 Å². The highest BCUT2D eigenvalue weighted by molar-refractivity contribution is 5.79. The van der Waals surface area contributed by atoms with Gasteiger partial charge in [0, 0.05) is 12.0 Å². The lowest BCUT2D eigenvalue weighted by molar-refractivity contribution is -0.138. The van der Waals surface area contributed by atoms with Gasteiger partial charge in [0.2, 0.25) is 5.91 Å². The van der Waals surface area contributed by atoms with Crippen LogP contribution in [0.4, 0.5) is 0 Å². The number of carboxylic acid groups (broad SMARTS) is 1. The molecule has 1 fully saturated rings. The largest absolute Gasteiger partial charge is 0.481 e. The van der Waals surface area contributed by atoms with Gasteiger partial charge in [0.25, 0.3) is 0 Å². The first-order valence-electron chi connectivity index (χ1n) is 8.58. The average molecular weight is 297 g/mol. The first kappa shape index (κ1) is 18.0. The van der Waals surface area contributed by atoms with Crippen molar-refractivity contribution in [3.8, 4) is 0 Å². The minimum atomic E-state index is -0.836. The fourth-order valence-corrected chi connectivity index (χ4v) is 3.31. The summed E-state index contributed by atoms with van der Waals surface area (Å²) < 4.78 is 0. The number of hydrogen-bond donors (Lipinski definition) is 2. The Morgan fingerprint density at radius 1 is 1.14 bits per heavy atom. The van der Waals surface area contributed by atoms with Gasteiger partial charge in [-0.25, -0.2) is 0 Å². The Bertz CT molecular complexity index is 322. The van der Waals surface area contributed by atoms with Gasteiger partial charge in [-0.2, -0.15) is 0 Å². The van der Waals surface area contributed by atoms with E-state index in [1.165, 1.54) is 19.3 Å². The van der Waals surface area contributed by atoms with Crippen LogP contribution in [0.3, 0.4) is 0 Å². The molecule has 0 saturated heterocycles. The van der Waals surface area contributed by atoms with Gasteiger partial charge in [0.05, 0.1) is 6.42 Å². The summed E-state index contributed by atoms with van der Waals surface area (Å²) in [6.07, 6.45) is 9.72. The SMILES string of the molecule is CCCCC1CCC(C(=O)NC(CCC)CC(=O)O)CC1. The standard InChI is InChI=1S/C17H31NO3/c1-3-5-7-13-8-10-14(11-9-13)17(21)18-15(6-4-2)12-16(19)20/h13-15H,3-12H2,1-2H3,(H,18,21)(H,19,20). The molecular weight excluding hydrogens is 266 g/mol. The van der Waals surface area contributed by atoms with Crippen LogP contribution in [-0.2, 0) is 9.59 Å². The molecule has 1 atom stereocenters. The molecule has 0 aromatic heterocycles. The molecule has 21 heavy (non-hydrogen) atoms. The number of carbonyl (C=O) groups excluding carboxylic acids is 1. The fraction of sp³-hybridized carbons (Fsp3) is 0.882. The third kappa shape index (κ3) is 6.96. The highest BCUT2D eigenvalue weighted by atomic mass is 16.4. The van der Waals surface area contributed by atoms with Crippen LogP contribution in [0.2, 0.25) is 0 Å². The molecule has 1 aliphatic rings. The van der Waals surface area contributed by atoms with Gasteiger partial charge in [0.15, 0.2) is 0 Å². The first-order chi connectivity index (χ1) is 10.1. The molecule has 0 bridgehead atoms. The molecular formula is C17H31NO3. The van der Waals surface area contributed by atoms with Gasteiger partial charge in [-0.05, 0) is 38.0 Å². The highest BCUT2D eigenvalue weighted by Gasteiger charge is 2.27. The second kappa shape index (κ2) is 9.80. The van der Waals surface area contributed by atoms with Crippen LogP contribution >= 0.6 is 0 Å². The monoisotopic (exact) mass is 297 g/mol. The summed E-state index contributed by atoms with van der Waals surface area (Å²) >= 11 is 0. The molecule has 0 aromatic rings. The van der Waals surface area contributed by atoms with E-state index in [2.05, 4.69) is 12.2 Å². The zero-order valence-corrected chi connectivity index (χ0v) is 13.6. The van der Waals surface area contributed by atoms with E-state index in [-0.39, 0.29) is 24.3 Å². The minimum Gasteiger partial charge on any atom is -0.481 e. The third-order valence-corrected chi connectivity index (χ3v) is 4.59. The van der Waals surface area contributed by atoms with Crippen LogP contribution in [0, 0.1) is 11.8 Å². The summed E-state index contributed by atoms with van der Waals surface area (Å²) in [6.45, 7) is 4.23. The molecule has 1 aliphatic carbocycles. The molecule has 4 nitrogen and oxygen atoms in total. The molecule has 0 spiro atoms. The van der Waals surface area contributed by atoms with Crippen LogP contribution < -0.4 is 5.32 Å². The summed E-state index contributed by atoms with van der Waals surface area (Å²) in [4.78, 5) is 23.1. The molecule has 0 radical (unpaired) electrons. The zero-order chi connectivity index (χ0) is 15.7. The Morgan fingerprint density at radius 2 is 1.81 bits per heavy atom. The van der Waals surface area contributed by atoms with Crippen molar-refractivity contribution >= 4 is 11.9 Å². The second-order valence-electron chi connectivity index (χ2n) is 6.45. The summed E-state index contributed by atoms with van der Waals surface area (Å²) in [5.74, 6) is 0.121. The maximum atomic E-state index is 12.3. The van der Waals surface area contributed by atoms with Gasteiger partial charge >= 0.3 is 5.97 Å². The highest BCUT2D eigenvalue weighted by Crippen LogP contribution is 2.32. The Hall–Kier alpha value is -1.06. The summed E-state index contributed by atoms with van der Waals surface area (Å²) in [5, 5.41) is 11.9. The molecule has 122 valence electrons. The van der Waals surface area contributed by atoms with E-state index in [1.807, 2.05) is 6.92 Å². The van der Waals surface area contributed by atoms with E-state index < -0.39 is 5.97 Å². The molecule has 0 heterocycles. The third-order valence-electron chi connectivity index (χ3n) is 4.59. The molecule has 1 rings (SSSR count).